The van der Waals surface area contributed by atoms with Crippen LogP contribution in [0.15, 0.2) is 48.5 Å². The molecule has 4 N–H and O–H groups in total. The van der Waals surface area contributed by atoms with Gasteiger partial charge in [0.05, 0.1) is 12.1 Å². The van der Waals surface area contributed by atoms with Gasteiger partial charge in [-0.25, -0.2) is 4.79 Å². The predicted molar refractivity (Wildman–Crippen MR) is 147 cm³/mol. The Morgan fingerprint density at radius 1 is 0.875 bits per heavy atom. The lowest BCUT2D eigenvalue weighted by molar-refractivity contribution is -0.137. The highest BCUT2D eigenvalue weighted by atomic mass is 19.4. The molecule has 0 unspecified atom stereocenters. The second kappa shape index (κ2) is 14.7. The smallest absolute Gasteiger partial charge is 0.368 e. The molecule has 0 aromatic heterocycles. The van der Waals surface area contributed by atoms with E-state index in [1.54, 1.807) is 0 Å². The zero-order valence-electron chi connectivity index (χ0n) is 22.7. The van der Waals surface area contributed by atoms with Crippen molar-refractivity contribution in [3.05, 3.63) is 65.2 Å². The Labute approximate surface area is 232 Å². The SMILES string of the molecule is Cc1ccc(NC(=O)N2CCN(CCN3CCCC3)CC2)cc1.NC(=O)CNC(=O)c1cccc(C(F)(F)F)c1. The van der Waals surface area contributed by atoms with Crippen LogP contribution in [0.4, 0.5) is 23.7 Å². The van der Waals surface area contributed by atoms with Gasteiger partial charge in [0.2, 0.25) is 5.91 Å². The summed E-state index contributed by atoms with van der Waals surface area (Å²) in [6.45, 7) is 10.1. The molecule has 12 heteroatoms. The summed E-state index contributed by atoms with van der Waals surface area (Å²) in [5.41, 5.74) is 5.75. The number of amides is 4. The molecule has 0 aliphatic carbocycles. The minimum Gasteiger partial charge on any atom is -0.368 e. The van der Waals surface area contributed by atoms with Crippen molar-refractivity contribution < 1.29 is 27.6 Å². The molecule has 2 aliphatic heterocycles. The number of nitrogens with one attached hydrogen (secondary N) is 2. The van der Waals surface area contributed by atoms with E-state index < -0.39 is 30.1 Å². The lowest BCUT2D eigenvalue weighted by Gasteiger charge is -2.35. The number of alkyl halides is 3. The fraction of sp³-hybridized carbons (Fsp3) is 0.464. The third-order valence-electron chi connectivity index (χ3n) is 6.77. The summed E-state index contributed by atoms with van der Waals surface area (Å²) in [7, 11) is 0. The second-order valence-corrected chi connectivity index (χ2v) is 9.90. The third kappa shape index (κ3) is 10.2. The largest absolute Gasteiger partial charge is 0.416 e. The number of nitrogens with zero attached hydrogens (tertiary/aromatic N) is 3. The van der Waals surface area contributed by atoms with Crippen molar-refractivity contribution in [2.75, 3.05) is 64.2 Å². The van der Waals surface area contributed by atoms with Crippen molar-refractivity contribution in [1.29, 1.82) is 0 Å². The van der Waals surface area contributed by atoms with Gasteiger partial charge in [0.1, 0.15) is 0 Å². The lowest BCUT2D eigenvalue weighted by atomic mass is 10.1. The van der Waals surface area contributed by atoms with Crippen molar-refractivity contribution in [1.82, 2.24) is 20.0 Å². The van der Waals surface area contributed by atoms with E-state index in [2.05, 4.69) is 20.4 Å². The second-order valence-electron chi connectivity index (χ2n) is 9.90. The maximum absolute atomic E-state index is 12.3. The van der Waals surface area contributed by atoms with Crippen molar-refractivity contribution in [3.8, 4) is 0 Å². The number of primary amides is 1. The highest BCUT2D eigenvalue weighted by Gasteiger charge is 2.31. The maximum atomic E-state index is 12.3. The summed E-state index contributed by atoms with van der Waals surface area (Å²) in [6, 6.07) is 11.9. The van der Waals surface area contributed by atoms with Crippen LogP contribution in [0.25, 0.3) is 0 Å². The molecule has 0 bridgehead atoms. The van der Waals surface area contributed by atoms with Crippen molar-refractivity contribution in [3.63, 3.8) is 0 Å². The van der Waals surface area contributed by atoms with Crippen LogP contribution in [-0.2, 0) is 11.0 Å². The number of likely N-dealkylation sites (tertiary alicyclic amines) is 1. The molecule has 2 aromatic rings. The fourth-order valence-electron chi connectivity index (χ4n) is 4.41. The van der Waals surface area contributed by atoms with Crippen LogP contribution in [0, 0.1) is 6.92 Å². The highest BCUT2D eigenvalue weighted by molar-refractivity contribution is 5.96. The third-order valence-corrected chi connectivity index (χ3v) is 6.77. The molecule has 4 rings (SSSR count). The van der Waals surface area contributed by atoms with Crippen LogP contribution >= 0.6 is 0 Å². The fourth-order valence-corrected chi connectivity index (χ4v) is 4.41. The Morgan fingerprint density at radius 3 is 2.05 bits per heavy atom. The molecule has 0 saturated carbocycles. The van der Waals surface area contributed by atoms with Gasteiger partial charge < -0.3 is 26.2 Å². The standard InChI is InChI=1S/C18H28N4O.C10H9F3N2O2/c1-16-4-6-17(7-5-16)19-18(23)22-14-12-21(13-15-22)11-10-20-8-2-3-9-20;11-10(12,13)7-3-1-2-6(4-7)9(17)15-5-8(14)16/h4-7H,2-3,8-15H2,1H3,(H,19,23);1-4H,5H2,(H2,14,16)(H,15,17). The Kier molecular flexibility index (Phi) is 11.3. The number of carbonyl (C=O) groups is 3. The van der Waals surface area contributed by atoms with Crippen LogP contribution in [0.3, 0.4) is 0 Å². The van der Waals surface area contributed by atoms with Gasteiger partial charge in [-0.15, -0.1) is 0 Å². The number of aryl methyl sites for hydroxylation is 1. The summed E-state index contributed by atoms with van der Waals surface area (Å²) in [4.78, 5) is 41.0. The lowest BCUT2D eigenvalue weighted by Crippen LogP contribution is -2.51. The number of carbonyl (C=O) groups excluding carboxylic acids is 3. The summed E-state index contributed by atoms with van der Waals surface area (Å²) < 4.78 is 37.0. The van der Waals surface area contributed by atoms with E-state index in [4.69, 9.17) is 5.73 Å². The average molecular weight is 563 g/mol. The number of piperazine rings is 1. The Bertz CT molecular complexity index is 1130. The van der Waals surface area contributed by atoms with Gasteiger partial charge in [0.25, 0.3) is 5.91 Å². The molecule has 218 valence electrons. The molecule has 9 nitrogen and oxygen atoms in total. The van der Waals surface area contributed by atoms with E-state index >= 15 is 0 Å². The molecule has 2 heterocycles. The molecular weight excluding hydrogens is 525 g/mol. The summed E-state index contributed by atoms with van der Waals surface area (Å²) in [5, 5.41) is 5.09. The molecule has 2 aromatic carbocycles. The van der Waals surface area contributed by atoms with Gasteiger partial charge in [0, 0.05) is 50.5 Å². The van der Waals surface area contributed by atoms with E-state index in [9.17, 15) is 27.6 Å². The zero-order valence-corrected chi connectivity index (χ0v) is 22.7. The predicted octanol–water partition coefficient (Wildman–Crippen LogP) is 3.16. The number of hydrogen-bond acceptors (Lipinski definition) is 5. The summed E-state index contributed by atoms with van der Waals surface area (Å²) in [6.07, 6.45) is -1.81. The number of hydrogen-bond donors (Lipinski definition) is 3. The van der Waals surface area contributed by atoms with Crippen LogP contribution in [0.5, 0.6) is 0 Å². The summed E-state index contributed by atoms with van der Waals surface area (Å²) >= 11 is 0. The molecular formula is C28H37F3N6O3. The van der Waals surface area contributed by atoms with Crippen LogP contribution in [0.1, 0.15) is 34.3 Å². The minimum absolute atomic E-state index is 0.0213. The van der Waals surface area contributed by atoms with Gasteiger partial charge in [-0.1, -0.05) is 23.8 Å². The van der Waals surface area contributed by atoms with Gasteiger partial charge in [-0.2, -0.15) is 13.2 Å². The van der Waals surface area contributed by atoms with E-state index in [1.165, 1.54) is 44.1 Å². The van der Waals surface area contributed by atoms with Crippen LogP contribution in [-0.4, -0.2) is 91.4 Å². The number of anilines is 1. The number of rotatable bonds is 7. The number of halogens is 3. The van der Waals surface area contributed by atoms with Gasteiger partial charge in [-0.3, -0.25) is 14.5 Å². The molecule has 2 aliphatic rings. The molecule has 0 spiro atoms. The number of urea groups is 1. The van der Waals surface area contributed by atoms with E-state index in [0.29, 0.717) is 6.07 Å². The molecule has 40 heavy (non-hydrogen) atoms. The van der Waals surface area contributed by atoms with Gasteiger partial charge >= 0.3 is 12.2 Å². The van der Waals surface area contributed by atoms with E-state index in [-0.39, 0.29) is 11.6 Å². The maximum Gasteiger partial charge on any atom is 0.416 e. The number of nitrogens with two attached hydrogens (primary N) is 1. The molecule has 0 radical (unpaired) electrons. The number of benzene rings is 2. The van der Waals surface area contributed by atoms with Crippen LogP contribution in [0.2, 0.25) is 0 Å². The Balaban J connectivity index is 0.000000232. The first kappa shape index (κ1) is 30.9. The average Bonchev–Trinajstić information content (AvgIpc) is 3.46. The van der Waals surface area contributed by atoms with Crippen LogP contribution < -0.4 is 16.4 Å². The van der Waals surface area contributed by atoms with E-state index in [1.807, 2.05) is 36.1 Å². The van der Waals surface area contributed by atoms with Crippen molar-refractivity contribution in [2.45, 2.75) is 25.9 Å². The zero-order chi connectivity index (χ0) is 29.1. The molecule has 2 fully saturated rings. The van der Waals surface area contributed by atoms with Gasteiger partial charge in [0.15, 0.2) is 0 Å². The highest BCUT2D eigenvalue weighted by Crippen LogP contribution is 2.29. The van der Waals surface area contributed by atoms with Crippen molar-refractivity contribution >= 4 is 23.5 Å². The molecule has 0 atom stereocenters. The molecule has 2 saturated heterocycles. The van der Waals surface area contributed by atoms with Gasteiger partial charge in [-0.05, 0) is 63.2 Å². The van der Waals surface area contributed by atoms with Crippen molar-refractivity contribution in [2.24, 2.45) is 5.73 Å². The first-order chi connectivity index (χ1) is 19.0. The first-order valence-electron chi connectivity index (χ1n) is 13.3. The van der Waals surface area contributed by atoms with E-state index in [0.717, 1.165) is 50.5 Å². The first-order valence-corrected chi connectivity index (χ1v) is 13.3. The monoisotopic (exact) mass is 562 g/mol. The Morgan fingerprint density at radius 2 is 1.48 bits per heavy atom. The molecule has 4 amide bonds. The topological polar surface area (TPSA) is 111 Å². The summed E-state index contributed by atoms with van der Waals surface area (Å²) in [5.74, 6) is -1.56. The normalized spacial score (nSPS) is 16.1. The minimum atomic E-state index is -4.51. The Hall–Kier alpha value is -3.64. The quantitative estimate of drug-likeness (QED) is 0.480.